The number of hydrogen-bond donors (Lipinski definition) is 2. The highest BCUT2D eigenvalue weighted by molar-refractivity contribution is 5.92. The number of benzene rings is 1. The number of carbonyl (C=O) groups excluding carboxylic acids is 2. The van der Waals surface area contributed by atoms with E-state index in [0.717, 1.165) is 12.2 Å². The van der Waals surface area contributed by atoms with Crippen LogP contribution < -0.4 is 15.4 Å². The Bertz CT molecular complexity index is 459. The van der Waals surface area contributed by atoms with Crippen molar-refractivity contribution in [3.63, 3.8) is 0 Å². The van der Waals surface area contributed by atoms with Crippen LogP contribution in [-0.2, 0) is 4.79 Å². The number of amides is 3. The number of rotatable bonds is 2. The van der Waals surface area contributed by atoms with Gasteiger partial charge in [-0.2, -0.15) is 0 Å². The van der Waals surface area contributed by atoms with Gasteiger partial charge in [-0.1, -0.05) is 0 Å². The van der Waals surface area contributed by atoms with Gasteiger partial charge < -0.3 is 20.3 Å². The highest BCUT2D eigenvalue weighted by Gasteiger charge is 2.19. The smallest absolute Gasteiger partial charge is 0.322 e. The molecule has 6 heteroatoms. The first kappa shape index (κ1) is 13.2. The van der Waals surface area contributed by atoms with Crippen molar-refractivity contribution in [2.24, 2.45) is 0 Å². The van der Waals surface area contributed by atoms with Crippen molar-refractivity contribution in [2.45, 2.75) is 6.42 Å². The molecule has 1 aromatic rings. The van der Waals surface area contributed by atoms with E-state index in [1.54, 1.807) is 31.4 Å². The summed E-state index contributed by atoms with van der Waals surface area (Å²) in [5, 5.41) is 5.49. The molecule has 6 nitrogen and oxygen atoms in total. The minimum Gasteiger partial charge on any atom is -0.497 e. The van der Waals surface area contributed by atoms with E-state index >= 15 is 0 Å². The van der Waals surface area contributed by atoms with E-state index in [2.05, 4.69) is 10.6 Å². The molecule has 0 aromatic heterocycles. The summed E-state index contributed by atoms with van der Waals surface area (Å²) in [6.07, 6.45) is 0.766. The lowest BCUT2D eigenvalue weighted by atomic mass is 10.3. The minimum atomic E-state index is -0.262. The number of methoxy groups -OCH3 is 1. The lowest BCUT2D eigenvalue weighted by molar-refractivity contribution is -0.120. The molecule has 1 saturated heterocycles. The molecule has 0 saturated carbocycles. The van der Waals surface area contributed by atoms with Crippen LogP contribution in [0, 0.1) is 0 Å². The van der Waals surface area contributed by atoms with Gasteiger partial charge in [0.15, 0.2) is 0 Å². The van der Waals surface area contributed by atoms with Gasteiger partial charge in [0, 0.05) is 18.8 Å². The van der Waals surface area contributed by atoms with E-state index in [1.807, 2.05) is 0 Å². The Labute approximate surface area is 111 Å². The average molecular weight is 263 g/mol. The average Bonchev–Trinajstić information content (AvgIpc) is 2.64. The minimum absolute atomic E-state index is 0.0992. The van der Waals surface area contributed by atoms with Crippen molar-refractivity contribution >= 4 is 17.6 Å². The number of nitrogens with one attached hydrogen (secondary N) is 2. The second-order valence-electron chi connectivity index (χ2n) is 4.28. The topological polar surface area (TPSA) is 70.7 Å². The lowest BCUT2D eigenvalue weighted by Crippen LogP contribution is -2.39. The molecule has 0 unspecified atom stereocenters. The Kier molecular flexibility index (Phi) is 4.22. The second kappa shape index (κ2) is 6.08. The Morgan fingerprint density at radius 2 is 2.11 bits per heavy atom. The zero-order valence-corrected chi connectivity index (χ0v) is 10.8. The molecule has 102 valence electrons. The predicted octanol–water partition coefficient (Wildman–Crippen LogP) is 1.05. The van der Waals surface area contributed by atoms with Crippen molar-refractivity contribution in [2.75, 3.05) is 32.1 Å². The van der Waals surface area contributed by atoms with Gasteiger partial charge in [-0.05, 0) is 30.7 Å². The summed E-state index contributed by atoms with van der Waals surface area (Å²) in [6, 6.07) is 6.79. The highest BCUT2D eigenvalue weighted by Crippen LogP contribution is 2.15. The van der Waals surface area contributed by atoms with Gasteiger partial charge in [0.2, 0.25) is 5.91 Å². The molecule has 0 atom stereocenters. The fourth-order valence-corrected chi connectivity index (χ4v) is 1.86. The molecule has 3 amide bonds. The number of ether oxygens (including phenoxy) is 1. The Hall–Kier alpha value is -2.24. The first-order valence-corrected chi connectivity index (χ1v) is 6.16. The largest absolute Gasteiger partial charge is 0.497 e. The summed E-state index contributed by atoms with van der Waals surface area (Å²) < 4.78 is 5.05. The van der Waals surface area contributed by atoms with Crippen LogP contribution >= 0.6 is 0 Å². The van der Waals surface area contributed by atoms with E-state index in [1.165, 1.54) is 4.90 Å². The molecule has 0 radical (unpaired) electrons. The fraction of sp³-hybridized carbons (Fsp3) is 0.385. The summed E-state index contributed by atoms with van der Waals surface area (Å²) in [4.78, 5) is 24.9. The van der Waals surface area contributed by atoms with Gasteiger partial charge in [0.1, 0.15) is 12.3 Å². The van der Waals surface area contributed by atoms with Gasteiger partial charge in [-0.3, -0.25) is 4.79 Å². The third-order valence-corrected chi connectivity index (χ3v) is 2.89. The van der Waals surface area contributed by atoms with Gasteiger partial charge in [-0.15, -0.1) is 0 Å². The van der Waals surface area contributed by atoms with Crippen LogP contribution in [0.1, 0.15) is 6.42 Å². The van der Waals surface area contributed by atoms with Gasteiger partial charge >= 0.3 is 6.03 Å². The van der Waals surface area contributed by atoms with Crippen molar-refractivity contribution in [3.8, 4) is 5.75 Å². The van der Waals surface area contributed by atoms with E-state index in [0.29, 0.717) is 18.8 Å². The quantitative estimate of drug-likeness (QED) is 0.837. The highest BCUT2D eigenvalue weighted by atomic mass is 16.5. The van der Waals surface area contributed by atoms with E-state index < -0.39 is 0 Å². The molecule has 1 heterocycles. The third kappa shape index (κ3) is 3.61. The zero-order chi connectivity index (χ0) is 13.7. The number of carbonyl (C=O) groups is 2. The first-order chi connectivity index (χ1) is 9.19. The zero-order valence-electron chi connectivity index (χ0n) is 10.8. The molecule has 2 rings (SSSR count). The lowest BCUT2D eigenvalue weighted by Gasteiger charge is -2.19. The Morgan fingerprint density at radius 3 is 2.79 bits per heavy atom. The monoisotopic (exact) mass is 263 g/mol. The molecule has 1 aliphatic rings. The Balaban J connectivity index is 1.97. The first-order valence-electron chi connectivity index (χ1n) is 6.16. The van der Waals surface area contributed by atoms with Crippen LogP contribution in [0.5, 0.6) is 5.75 Å². The van der Waals surface area contributed by atoms with Crippen LogP contribution in [0.3, 0.4) is 0 Å². The molecule has 2 N–H and O–H groups in total. The maximum absolute atomic E-state index is 12.0. The summed E-state index contributed by atoms with van der Waals surface area (Å²) in [7, 11) is 1.59. The SMILES string of the molecule is COc1ccc(NC(=O)N2CCCNC(=O)C2)cc1. The fourth-order valence-electron chi connectivity index (χ4n) is 1.86. The van der Waals surface area contributed by atoms with E-state index in [-0.39, 0.29) is 18.5 Å². The van der Waals surface area contributed by atoms with Crippen LogP contribution in [0.2, 0.25) is 0 Å². The maximum Gasteiger partial charge on any atom is 0.322 e. The summed E-state index contributed by atoms with van der Waals surface area (Å²) >= 11 is 0. The van der Waals surface area contributed by atoms with Gasteiger partial charge in [-0.25, -0.2) is 4.79 Å². The number of anilines is 1. The van der Waals surface area contributed by atoms with Crippen LogP contribution in [0.25, 0.3) is 0 Å². The van der Waals surface area contributed by atoms with Gasteiger partial charge in [0.05, 0.1) is 7.11 Å². The van der Waals surface area contributed by atoms with Crippen LogP contribution in [0.15, 0.2) is 24.3 Å². The molecule has 0 bridgehead atoms. The van der Waals surface area contributed by atoms with E-state index in [9.17, 15) is 9.59 Å². The molecule has 1 fully saturated rings. The van der Waals surface area contributed by atoms with Gasteiger partial charge in [0.25, 0.3) is 0 Å². The van der Waals surface area contributed by atoms with Crippen LogP contribution in [-0.4, -0.2) is 43.6 Å². The molecule has 1 aromatic carbocycles. The molecular formula is C13H17N3O3. The summed E-state index contributed by atoms with van der Waals surface area (Å²) in [6.45, 7) is 1.29. The molecule has 19 heavy (non-hydrogen) atoms. The van der Waals surface area contributed by atoms with Crippen molar-refractivity contribution < 1.29 is 14.3 Å². The summed E-state index contributed by atoms with van der Waals surface area (Å²) in [5.74, 6) is 0.606. The van der Waals surface area contributed by atoms with E-state index in [4.69, 9.17) is 4.74 Å². The van der Waals surface area contributed by atoms with Crippen molar-refractivity contribution in [1.29, 1.82) is 0 Å². The normalized spacial score (nSPS) is 15.4. The molecule has 0 aliphatic carbocycles. The second-order valence-corrected chi connectivity index (χ2v) is 4.28. The maximum atomic E-state index is 12.0. The number of nitrogens with zero attached hydrogens (tertiary/aromatic N) is 1. The molecular weight excluding hydrogens is 246 g/mol. The molecule has 1 aliphatic heterocycles. The van der Waals surface area contributed by atoms with Crippen molar-refractivity contribution in [3.05, 3.63) is 24.3 Å². The summed E-state index contributed by atoms with van der Waals surface area (Å²) in [5.41, 5.74) is 0.676. The van der Waals surface area contributed by atoms with Crippen molar-refractivity contribution in [1.82, 2.24) is 10.2 Å². The standard InChI is InChI=1S/C13H17N3O3/c1-19-11-5-3-10(4-6-11)15-13(18)16-8-2-7-14-12(17)9-16/h3-6H,2,7-9H2,1H3,(H,14,17)(H,15,18). The Morgan fingerprint density at radius 1 is 1.37 bits per heavy atom. The molecule has 0 spiro atoms. The third-order valence-electron chi connectivity index (χ3n) is 2.89. The predicted molar refractivity (Wildman–Crippen MR) is 71.2 cm³/mol. The van der Waals surface area contributed by atoms with Crippen LogP contribution in [0.4, 0.5) is 10.5 Å². The number of hydrogen-bond acceptors (Lipinski definition) is 3. The number of urea groups is 1.